The van der Waals surface area contributed by atoms with Crippen LogP contribution < -0.4 is 10.3 Å². The Kier molecular flexibility index (Phi) is 4.70. The van der Waals surface area contributed by atoms with Crippen molar-refractivity contribution in [3.05, 3.63) is 50.4 Å². The minimum Gasteiger partial charge on any atom is -0.504 e. The SMILES string of the molecule is CCOc1cc(C=Nn2c(C)nc3sc4c(c3c2=O)CCCC4)ccc1O. The Morgan fingerprint density at radius 1 is 1.37 bits per heavy atom. The lowest BCUT2D eigenvalue weighted by molar-refractivity contribution is 0.318. The van der Waals surface area contributed by atoms with Gasteiger partial charge in [-0.3, -0.25) is 4.79 Å². The summed E-state index contributed by atoms with van der Waals surface area (Å²) in [5.74, 6) is 1.03. The number of hydrogen-bond acceptors (Lipinski definition) is 6. The Bertz CT molecular complexity index is 1100. The average molecular weight is 383 g/mol. The Hall–Kier alpha value is -2.67. The van der Waals surface area contributed by atoms with Gasteiger partial charge in [-0.2, -0.15) is 9.78 Å². The van der Waals surface area contributed by atoms with Crippen LogP contribution in [0.1, 0.15) is 41.6 Å². The Labute approximate surface area is 160 Å². The monoisotopic (exact) mass is 383 g/mol. The van der Waals surface area contributed by atoms with Crippen LogP contribution in [0, 0.1) is 6.92 Å². The van der Waals surface area contributed by atoms with Crippen LogP contribution in [-0.4, -0.2) is 27.6 Å². The minimum atomic E-state index is -0.114. The fourth-order valence-corrected chi connectivity index (χ4v) is 4.74. The zero-order valence-corrected chi connectivity index (χ0v) is 16.2. The van der Waals surface area contributed by atoms with Crippen molar-refractivity contribution in [2.24, 2.45) is 5.10 Å². The highest BCUT2D eigenvalue weighted by atomic mass is 32.1. The molecule has 7 heteroatoms. The third kappa shape index (κ3) is 3.23. The van der Waals surface area contributed by atoms with E-state index in [2.05, 4.69) is 10.1 Å². The van der Waals surface area contributed by atoms with Gasteiger partial charge in [-0.1, -0.05) is 0 Å². The lowest BCUT2D eigenvalue weighted by Crippen LogP contribution is -2.21. The van der Waals surface area contributed by atoms with Crippen LogP contribution in [0.4, 0.5) is 0 Å². The third-order valence-corrected chi connectivity index (χ3v) is 5.92. The van der Waals surface area contributed by atoms with E-state index >= 15 is 0 Å². The van der Waals surface area contributed by atoms with E-state index in [0.29, 0.717) is 18.2 Å². The molecule has 0 atom stereocenters. The Morgan fingerprint density at radius 2 is 2.19 bits per heavy atom. The number of aromatic nitrogens is 2. The van der Waals surface area contributed by atoms with Crippen molar-refractivity contribution in [1.29, 1.82) is 0 Å². The molecule has 27 heavy (non-hydrogen) atoms. The molecule has 1 aromatic carbocycles. The molecule has 4 rings (SSSR count). The lowest BCUT2D eigenvalue weighted by atomic mass is 9.97. The van der Waals surface area contributed by atoms with Crippen LogP contribution in [0.25, 0.3) is 10.2 Å². The molecule has 2 heterocycles. The fraction of sp³-hybridized carbons (Fsp3) is 0.350. The van der Waals surface area contributed by atoms with Gasteiger partial charge in [-0.15, -0.1) is 11.3 Å². The highest BCUT2D eigenvalue weighted by Gasteiger charge is 2.21. The number of benzene rings is 1. The second kappa shape index (κ2) is 7.15. The summed E-state index contributed by atoms with van der Waals surface area (Å²) in [4.78, 5) is 19.8. The molecule has 1 aliphatic rings. The summed E-state index contributed by atoms with van der Waals surface area (Å²) in [5.41, 5.74) is 1.78. The van der Waals surface area contributed by atoms with Crippen LogP contribution in [0.15, 0.2) is 28.1 Å². The number of phenolic OH excluding ortho intramolecular Hbond substituents is 1. The normalized spacial score (nSPS) is 14.0. The summed E-state index contributed by atoms with van der Waals surface area (Å²) in [7, 11) is 0. The quantitative estimate of drug-likeness (QED) is 0.698. The van der Waals surface area contributed by atoms with Crippen molar-refractivity contribution in [2.75, 3.05) is 6.61 Å². The minimum absolute atomic E-state index is 0.0790. The molecule has 0 aliphatic heterocycles. The summed E-state index contributed by atoms with van der Waals surface area (Å²) in [5, 5.41) is 14.9. The predicted octanol–water partition coefficient (Wildman–Crippen LogP) is 3.63. The second-order valence-electron chi connectivity index (χ2n) is 6.57. The van der Waals surface area contributed by atoms with Gasteiger partial charge in [-0.25, -0.2) is 4.98 Å². The zero-order valence-electron chi connectivity index (χ0n) is 15.4. The van der Waals surface area contributed by atoms with Gasteiger partial charge in [0.25, 0.3) is 5.56 Å². The first kappa shape index (κ1) is 17.7. The second-order valence-corrected chi connectivity index (χ2v) is 7.66. The smallest absolute Gasteiger partial charge is 0.283 e. The number of aryl methyl sites for hydroxylation is 3. The lowest BCUT2D eigenvalue weighted by Gasteiger charge is -2.10. The molecule has 1 N–H and O–H groups in total. The summed E-state index contributed by atoms with van der Waals surface area (Å²) in [6.07, 6.45) is 5.85. The van der Waals surface area contributed by atoms with Crippen molar-refractivity contribution < 1.29 is 9.84 Å². The van der Waals surface area contributed by atoms with Crippen molar-refractivity contribution in [1.82, 2.24) is 9.66 Å². The first-order valence-corrected chi connectivity index (χ1v) is 9.94. The van der Waals surface area contributed by atoms with Crippen molar-refractivity contribution in [3.8, 4) is 11.5 Å². The first-order chi connectivity index (χ1) is 13.1. The van der Waals surface area contributed by atoms with E-state index in [4.69, 9.17) is 4.74 Å². The molecule has 0 bridgehead atoms. The molecular formula is C20H21N3O3S. The van der Waals surface area contributed by atoms with Crippen molar-refractivity contribution in [2.45, 2.75) is 39.5 Å². The van der Waals surface area contributed by atoms with E-state index in [-0.39, 0.29) is 11.3 Å². The molecule has 0 radical (unpaired) electrons. The van der Waals surface area contributed by atoms with Crippen LogP contribution in [0.3, 0.4) is 0 Å². The molecule has 0 fully saturated rings. The fourth-order valence-electron chi connectivity index (χ4n) is 3.44. The summed E-state index contributed by atoms with van der Waals surface area (Å²) in [6.45, 7) is 4.10. The molecule has 0 saturated carbocycles. The maximum atomic E-state index is 13.1. The number of aromatic hydroxyl groups is 1. The topological polar surface area (TPSA) is 76.7 Å². The van der Waals surface area contributed by atoms with Crippen molar-refractivity contribution in [3.63, 3.8) is 0 Å². The largest absolute Gasteiger partial charge is 0.504 e. The van der Waals surface area contributed by atoms with Crippen LogP contribution >= 0.6 is 11.3 Å². The molecule has 1 aliphatic carbocycles. The average Bonchev–Trinajstić information content (AvgIpc) is 3.02. The molecule has 2 aromatic heterocycles. The molecule has 140 valence electrons. The van der Waals surface area contributed by atoms with Gasteiger partial charge in [0.2, 0.25) is 0 Å². The molecule has 0 amide bonds. The van der Waals surface area contributed by atoms with Gasteiger partial charge in [0.1, 0.15) is 10.7 Å². The van der Waals surface area contributed by atoms with E-state index < -0.39 is 0 Å². The first-order valence-electron chi connectivity index (χ1n) is 9.12. The maximum absolute atomic E-state index is 13.1. The summed E-state index contributed by atoms with van der Waals surface area (Å²) >= 11 is 1.64. The van der Waals surface area contributed by atoms with Crippen LogP contribution in [0.2, 0.25) is 0 Å². The van der Waals surface area contributed by atoms with Crippen LogP contribution in [-0.2, 0) is 12.8 Å². The Morgan fingerprint density at radius 3 is 3.00 bits per heavy atom. The summed E-state index contributed by atoms with van der Waals surface area (Å²) < 4.78 is 6.75. The predicted molar refractivity (Wildman–Crippen MR) is 108 cm³/mol. The summed E-state index contributed by atoms with van der Waals surface area (Å²) in [6, 6.07) is 4.97. The van der Waals surface area contributed by atoms with Gasteiger partial charge in [0.15, 0.2) is 11.5 Å². The van der Waals surface area contributed by atoms with Gasteiger partial charge in [-0.05, 0) is 68.9 Å². The van der Waals surface area contributed by atoms with Gasteiger partial charge < -0.3 is 9.84 Å². The molecular weight excluding hydrogens is 362 g/mol. The number of fused-ring (bicyclic) bond motifs is 3. The molecule has 0 unspecified atom stereocenters. The molecule has 3 aromatic rings. The third-order valence-electron chi connectivity index (χ3n) is 4.73. The highest BCUT2D eigenvalue weighted by molar-refractivity contribution is 7.18. The van der Waals surface area contributed by atoms with E-state index in [1.54, 1.807) is 42.7 Å². The van der Waals surface area contributed by atoms with E-state index in [0.717, 1.165) is 40.6 Å². The highest BCUT2D eigenvalue weighted by Crippen LogP contribution is 2.33. The van der Waals surface area contributed by atoms with E-state index in [9.17, 15) is 9.90 Å². The van der Waals surface area contributed by atoms with Crippen molar-refractivity contribution >= 4 is 27.8 Å². The van der Waals surface area contributed by atoms with Gasteiger partial charge in [0, 0.05) is 4.88 Å². The number of ether oxygens (including phenoxy) is 1. The van der Waals surface area contributed by atoms with Crippen LogP contribution in [0.5, 0.6) is 11.5 Å². The standard InChI is InChI=1S/C20H21N3O3S/c1-3-26-16-10-13(8-9-15(16)24)11-21-23-12(2)22-19-18(20(23)25)14-6-4-5-7-17(14)27-19/h8-11,24H,3-7H2,1-2H3. The Balaban J connectivity index is 1.77. The molecule has 0 spiro atoms. The van der Waals surface area contributed by atoms with Gasteiger partial charge in [0.05, 0.1) is 18.2 Å². The maximum Gasteiger partial charge on any atom is 0.283 e. The molecule has 0 saturated heterocycles. The zero-order chi connectivity index (χ0) is 19.0. The number of thiophene rings is 1. The number of hydrogen-bond donors (Lipinski definition) is 1. The number of nitrogens with zero attached hydrogens (tertiary/aromatic N) is 3. The number of rotatable bonds is 4. The number of phenols is 1. The van der Waals surface area contributed by atoms with Gasteiger partial charge >= 0.3 is 0 Å². The van der Waals surface area contributed by atoms with E-state index in [1.165, 1.54) is 16.0 Å². The van der Waals surface area contributed by atoms with E-state index in [1.807, 2.05) is 6.92 Å². The molecule has 6 nitrogen and oxygen atoms in total.